The Balaban J connectivity index is 1.60. The highest BCUT2D eigenvalue weighted by atomic mass is 16.5. The number of β-amino-alcohol motifs (C(OH)–C–C–N with tert-alkyl or cyclic N) is 1. The van der Waals surface area contributed by atoms with Crippen molar-refractivity contribution >= 4 is 22.8 Å². The summed E-state index contributed by atoms with van der Waals surface area (Å²) < 4.78 is 7.52. The van der Waals surface area contributed by atoms with Crippen molar-refractivity contribution in [2.45, 2.75) is 51.4 Å². The van der Waals surface area contributed by atoms with Gasteiger partial charge in [-0.3, -0.25) is 9.58 Å². The first kappa shape index (κ1) is 23.2. The molecule has 1 aliphatic rings. The van der Waals surface area contributed by atoms with Gasteiger partial charge in [-0.15, -0.1) is 0 Å². The summed E-state index contributed by atoms with van der Waals surface area (Å²) in [6.45, 7) is 4.88. The zero-order chi connectivity index (χ0) is 23.4. The third kappa shape index (κ3) is 5.35. The van der Waals surface area contributed by atoms with Crippen molar-refractivity contribution in [1.82, 2.24) is 24.6 Å². The molecular weight excluding hydrogens is 422 g/mol. The second-order valence-electron chi connectivity index (χ2n) is 8.60. The normalized spacial score (nSPS) is 15.5. The van der Waals surface area contributed by atoms with Crippen molar-refractivity contribution in [2.75, 3.05) is 37.9 Å². The number of fused-ring (bicyclic) bond motifs is 1. The summed E-state index contributed by atoms with van der Waals surface area (Å²) in [5.41, 5.74) is 9.50. The first-order valence-corrected chi connectivity index (χ1v) is 11.4. The molecule has 10 heteroatoms. The van der Waals surface area contributed by atoms with Crippen molar-refractivity contribution < 1.29 is 14.9 Å². The quantitative estimate of drug-likeness (QED) is 0.340. The lowest BCUT2D eigenvalue weighted by atomic mass is 10.1. The Labute approximate surface area is 193 Å². The van der Waals surface area contributed by atoms with Crippen molar-refractivity contribution in [3.63, 3.8) is 0 Å². The SMILES string of the molecule is CCC[C@@H](CCO)Nc1nc(N)nc2cnn(Cc3ccc(CN4CC(O)C4)cc3OC)c12. The molecule has 0 amide bonds. The fraction of sp³-hybridized carbons (Fsp3) is 0.522. The maximum atomic E-state index is 9.51. The van der Waals surface area contributed by atoms with Crippen LogP contribution >= 0.6 is 0 Å². The zero-order valence-corrected chi connectivity index (χ0v) is 19.2. The molecule has 33 heavy (non-hydrogen) atoms. The zero-order valence-electron chi connectivity index (χ0n) is 19.2. The van der Waals surface area contributed by atoms with Crippen LogP contribution < -0.4 is 15.8 Å². The molecule has 178 valence electrons. The lowest BCUT2D eigenvalue weighted by Crippen LogP contribution is -2.49. The largest absolute Gasteiger partial charge is 0.496 e. The van der Waals surface area contributed by atoms with Crippen LogP contribution in [0.25, 0.3) is 11.0 Å². The number of nitrogen functional groups attached to an aromatic ring is 1. The number of hydrogen-bond acceptors (Lipinski definition) is 9. The van der Waals surface area contributed by atoms with E-state index in [-0.39, 0.29) is 24.7 Å². The number of nitrogens with two attached hydrogens (primary N) is 1. The molecule has 1 atom stereocenters. The molecule has 1 saturated heterocycles. The van der Waals surface area contributed by atoms with Gasteiger partial charge in [-0.2, -0.15) is 10.1 Å². The summed E-state index contributed by atoms with van der Waals surface area (Å²) in [7, 11) is 1.66. The fourth-order valence-corrected chi connectivity index (χ4v) is 4.33. The van der Waals surface area contributed by atoms with Gasteiger partial charge in [0.1, 0.15) is 16.8 Å². The lowest BCUT2D eigenvalue weighted by molar-refractivity contribution is -0.00289. The molecule has 0 spiro atoms. The molecule has 0 bridgehead atoms. The van der Waals surface area contributed by atoms with Crippen LogP contribution in [0.5, 0.6) is 5.75 Å². The number of hydrogen-bond donors (Lipinski definition) is 4. The number of nitrogens with zero attached hydrogens (tertiary/aromatic N) is 5. The summed E-state index contributed by atoms with van der Waals surface area (Å²) in [5.74, 6) is 1.59. The lowest BCUT2D eigenvalue weighted by Gasteiger charge is -2.35. The van der Waals surface area contributed by atoms with E-state index in [1.54, 1.807) is 13.3 Å². The Morgan fingerprint density at radius 1 is 1.24 bits per heavy atom. The number of ether oxygens (including phenoxy) is 1. The number of aromatic nitrogens is 4. The van der Waals surface area contributed by atoms with Crippen LogP contribution in [0, 0.1) is 0 Å². The van der Waals surface area contributed by atoms with E-state index in [1.807, 2.05) is 10.7 Å². The van der Waals surface area contributed by atoms with Gasteiger partial charge in [0.2, 0.25) is 5.95 Å². The maximum Gasteiger partial charge on any atom is 0.222 e. The molecule has 3 heterocycles. The monoisotopic (exact) mass is 455 g/mol. The predicted octanol–water partition coefficient (Wildman–Crippen LogP) is 1.60. The van der Waals surface area contributed by atoms with Gasteiger partial charge in [-0.25, -0.2) is 4.98 Å². The Kier molecular flexibility index (Phi) is 7.26. The summed E-state index contributed by atoms with van der Waals surface area (Å²) in [6.07, 6.45) is 3.99. The van der Waals surface area contributed by atoms with E-state index >= 15 is 0 Å². The second kappa shape index (κ2) is 10.3. The van der Waals surface area contributed by atoms with E-state index in [2.05, 4.69) is 44.3 Å². The minimum absolute atomic E-state index is 0.0784. The average molecular weight is 456 g/mol. The van der Waals surface area contributed by atoms with E-state index in [9.17, 15) is 10.2 Å². The number of rotatable bonds is 11. The van der Waals surface area contributed by atoms with Crippen molar-refractivity contribution in [2.24, 2.45) is 0 Å². The minimum Gasteiger partial charge on any atom is -0.496 e. The van der Waals surface area contributed by atoms with Crippen LogP contribution in [-0.4, -0.2) is 73.8 Å². The highest BCUT2D eigenvalue weighted by molar-refractivity contribution is 5.86. The molecule has 4 rings (SSSR count). The number of aliphatic hydroxyl groups is 2. The van der Waals surface area contributed by atoms with Gasteiger partial charge in [0.15, 0.2) is 5.82 Å². The number of likely N-dealkylation sites (tertiary alicyclic amines) is 1. The molecule has 2 aromatic heterocycles. The Morgan fingerprint density at radius 2 is 2.06 bits per heavy atom. The van der Waals surface area contributed by atoms with Crippen LogP contribution in [0.4, 0.5) is 11.8 Å². The third-order valence-electron chi connectivity index (χ3n) is 5.98. The molecule has 1 aliphatic heterocycles. The second-order valence-corrected chi connectivity index (χ2v) is 8.60. The molecule has 10 nitrogen and oxygen atoms in total. The number of nitrogens with one attached hydrogen (secondary N) is 1. The van der Waals surface area contributed by atoms with Crippen LogP contribution in [0.15, 0.2) is 24.4 Å². The number of methoxy groups -OCH3 is 1. The van der Waals surface area contributed by atoms with Gasteiger partial charge in [0.05, 0.1) is 26.0 Å². The summed E-state index contributed by atoms with van der Waals surface area (Å²) >= 11 is 0. The van der Waals surface area contributed by atoms with Crippen LogP contribution in [0.2, 0.25) is 0 Å². The minimum atomic E-state index is -0.215. The molecule has 0 aliphatic carbocycles. The van der Waals surface area contributed by atoms with E-state index in [4.69, 9.17) is 10.5 Å². The number of aliphatic hydroxyl groups excluding tert-OH is 2. The summed E-state index contributed by atoms with van der Waals surface area (Å²) in [6, 6.07) is 6.25. The Morgan fingerprint density at radius 3 is 2.76 bits per heavy atom. The highest BCUT2D eigenvalue weighted by Gasteiger charge is 2.24. The number of anilines is 2. The highest BCUT2D eigenvalue weighted by Crippen LogP contribution is 2.27. The Hall–Kier alpha value is -2.95. The topological polar surface area (TPSA) is 135 Å². The fourth-order valence-electron chi connectivity index (χ4n) is 4.33. The first-order valence-electron chi connectivity index (χ1n) is 11.4. The van der Waals surface area contributed by atoms with Gasteiger partial charge >= 0.3 is 0 Å². The first-order chi connectivity index (χ1) is 16.0. The van der Waals surface area contributed by atoms with E-state index in [0.29, 0.717) is 37.4 Å². The molecule has 0 saturated carbocycles. The van der Waals surface area contributed by atoms with Gasteiger partial charge in [0.25, 0.3) is 0 Å². The molecule has 5 N–H and O–H groups in total. The van der Waals surface area contributed by atoms with Crippen LogP contribution in [-0.2, 0) is 13.1 Å². The molecule has 1 aromatic carbocycles. The molecule has 3 aromatic rings. The Bertz CT molecular complexity index is 1080. The van der Waals surface area contributed by atoms with Gasteiger partial charge in [-0.05, 0) is 24.5 Å². The van der Waals surface area contributed by atoms with Gasteiger partial charge < -0.3 is 26.0 Å². The van der Waals surface area contributed by atoms with Crippen molar-refractivity contribution in [3.05, 3.63) is 35.5 Å². The summed E-state index contributed by atoms with van der Waals surface area (Å²) in [4.78, 5) is 11.0. The molecule has 1 fully saturated rings. The molecular formula is C23H33N7O3. The standard InChI is InChI=1S/C23H33N7O3/c1-3-4-17(7-8-31)26-22-21-19(27-23(24)28-22)10-25-30(21)12-16-6-5-15(9-20(16)33-2)11-29-13-18(32)14-29/h5-6,9-10,17-18,31-32H,3-4,7-8,11-14H2,1-2H3,(H3,24,26,27,28)/t17-/m0/s1. The van der Waals surface area contributed by atoms with Gasteiger partial charge in [-0.1, -0.05) is 25.5 Å². The van der Waals surface area contributed by atoms with Crippen LogP contribution in [0.1, 0.15) is 37.3 Å². The van der Waals surface area contributed by atoms with E-state index in [0.717, 1.165) is 41.8 Å². The van der Waals surface area contributed by atoms with E-state index in [1.165, 1.54) is 0 Å². The molecule has 0 unspecified atom stereocenters. The number of benzene rings is 1. The summed E-state index contributed by atoms with van der Waals surface area (Å²) in [5, 5.41) is 26.9. The smallest absolute Gasteiger partial charge is 0.222 e. The third-order valence-corrected chi connectivity index (χ3v) is 5.98. The van der Waals surface area contributed by atoms with Gasteiger partial charge in [0, 0.05) is 37.8 Å². The average Bonchev–Trinajstić information content (AvgIpc) is 3.16. The van der Waals surface area contributed by atoms with Crippen LogP contribution in [0.3, 0.4) is 0 Å². The van der Waals surface area contributed by atoms with E-state index < -0.39 is 0 Å². The van der Waals surface area contributed by atoms with Crippen molar-refractivity contribution in [1.29, 1.82) is 0 Å². The predicted molar refractivity (Wildman–Crippen MR) is 127 cm³/mol. The van der Waals surface area contributed by atoms with Crippen molar-refractivity contribution in [3.8, 4) is 5.75 Å². The molecule has 0 radical (unpaired) electrons. The maximum absolute atomic E-state index is 9.51.